The van der Waals surface area contributed by atoms with Crippen LogP contribution in [0, 0.1) is 0 Å². The van der Waals surface area contributed by atoms with Gasteiger partial charge in [-0.2, -0.15) is 0 Å². The van der Waals surface area contributed by atoms with Gasteiger partial charge in [-0.1, -0.05) is 37.2 Å². The number of benzene rings is 1. The number of hydrogen-bond acceptors (Lipinski definition) is 4. The van der Waals surface area contributed by atoms with E-state index in [4.69, 9.17) is 10.3 Å². The van der Waals surface area contributed by atoms with E-state index in [1.807, 2.05) is 12.1 Å². The highest BCUT2D eigenvalue weighted by Gasteiger charge is 2.20. The molecule has 3 nitrogen and oxygen atoms in total. The highest BCUT2D eigenvalue weighted by atomic mass is 32.1. The summed E-state index contributed by atoms with van der Waals surface area (Å²) in [6, 6.07) is 10.4. The summed E-state index contributed by atoms with van der Waals surface area (Å²) in [5.74, 6) is 1.61. The topological polar surface area (TPSA) is 52.0 Å². The third kappa shape index (κ3) is 1.69. The number of fused-ring (bicyclic) bond motifs is 1. The van der Waals surface area contributed by atoms with Gasteiger partial charge in [-0.05, 0) is 23.4 Å². The van der Waals surface area contributed by atoms with Crippen LogP contribution >= 0.6 is 11.3 Å². The van der Waals surface area contributed by atoms with Crippen molar-refractivity contribution in [2.75, 3.05) is 5.73 Å². The summed E-state index contributed by atoms with van der Waals surface area (Å²) in [4.78, 5) is 1.09. The lowest BCUT2D eigenvalue weighted by Gasteiger charge is -2.03. The number of rotatable bonds is 2. The zero-order chi connectivity index (χ0) is 12.7. The maximum absolute atomic E-state index is 5.87. The van der Waals surface area contributed by atoms with Crippen molar-refractivity contribution in [2.45, 2.75) is 19.8 Å². The largest absolute Gasteiger partial charge is 0.381 e. The lowest BCUT2D eigenvalue weighted by atomic mass is 10.0. The van der Waals surface area contributed by atoms with Gasteiger partial charge in [-0.25, -0.2) is 0 Å². The first-order valence-corrected chi connectivity index (χ1v) is 6.72. The van der Waals surface area contributed by atoms with Crippen molar-refractivity contribution in [3.05, 3.63) is 35.9 Å². The Morgan fingerprint density at radius 3 is 2.78 bits per heavy atom. The van der Waals surface area contributed by atoms with E-state index in [2.05, 4.69) is 37.2 Å². The first-order valence-electron chi connectivity index (χ1n) is 5.91. The predicted octanol–water partition coefficient (Wildman–Crippen LogP) is 4.26. The monoisotopic (exact) mass is 258 g/mol. The van der Waals surface area contributed by atoms with Gasteiger partial charge in [-0.3, -0.25) is 0 Å². The number of nitrogens with zero attached hydrogens (tertiary/aromatic N) is 1. The number of nitrogens with two attached hydrogens (primary N) is 1. The maximum Gasteiger partial charge on any atom is 0.182 e. The smallest absolute Gasteiger partial charge is 0.182 e. The van der Waals surface area contributed by atoms with Gasteiger partial charge in [-0.15, -0.1) is 11.3 Å². The molecule has 0 bridgehead atoms. The van der Waals surface area contributed by atoms with E-state index in [1.165, 1.54) is 10.1 Å². The van der Waals surface area contributed by atoms with E-state index in [1.54, 1.807) is 11.3 Å². The van der Waals surface area contributed by atoms with Crippen LogP contribution in [0.25, 0.3) is 20.7 Å². The van der Waals surface area contributed by atoms with Crippen LogP contribution in [0.3, 0.4) is 0 Å². The van der Waals surface area contributed by atoms with Gasteiger partial charge in [0, 0.05) is 10.3 Å². The SMILES string of the molecule is CC(C)c1c(N)noc1-c1cc2ccccc2s1. The fraction of sp³-hybridized carbons (Fsp3) is 0.214. The predicted molar refractivity (Wildman–Crippen MR) is 75.8 cm³/mol. The molecule has 92 valence electrons. The molecule has 4 heteroatoms. The molecule has 2 N–H and O–H groups in total. The minimum absolute atomic E-state index is 0.302. The highest BCUT2D eigenvalue weighted by molar-refractivity contribution is 7.22. The van der Waals surface area contributed by atoms with Crippen LogP contribution in [0.15, 0.2) is 34.9 Å². The number of thiophene rings is 1. The molecule has 0 spiro atoms. The van der Waals surface area contributed by atoms with E-state index < -0.39 is 0 Å². The van der Waals surface area contributed by atoms with Gasteiger partial charge in [0.2, 0.25) is 0 Å². The van der Waals surface area contributed by atoms with E-state index in [-0.39, 0.29) is 0 Å². The molecule has 0 atom stereocenters. The Hall–Kier alpha value is -1.81. The molecule has 0 saturated carbocycles. The molecule has 3 rings (SSSR count). The summed E-state index contributed by atoms with van der Waals surface area (Å²) in [7, 11) is 0. The molecular formula is C14H14N2OS. The summed E-state index contributed by atoms with van der Waals surface area (Å²) < 4.78 is 6.66. The quantitative estimate of drug-likeness (QED) is 0.747. The van der Waals surface area contributed by atoms with Crippen molar-refractivity contribution in [2.24, 2.45) is 0 Å². The first kappa shape index (κ1) is 11.3. The van der Waals surface area contributed by atoms with Crippen LogP contribution in [0.2, 0.25) is 0 Å². The third-order valence-electron chi connectivity index (χ3n) is 2.98. The zero-order valence-electron chi connectivity index (χ0n) is 10.3. The van der Waals surface area contributed by atoms with E-state index in [0.717, 1.165) is 16.2 Å². The van der Waals surface area contributed by atoms with Crippen molar-refractivity contribution < 1.29 is 4.52 Å². The molecule has 1 aromatic carbocycles. The van der Waals surface area contributed by atoms with Crippen LogP contribution in [0.1, 0.15) is 25.3 Å². The standard InChI is InChI=1S/C14H14N2OS/c1-8(2)12-13(17-16-14(12)15)11-7-9-5-3-4-6-10(9)18-11/h3-8H,1-2H3,(H2,15,16). The summed E-state index contributed by atoms with van der Waals surface area (Å²) >= 11 is 1.71. The van der Waals surface area contributed by atoms with Crippen LogP contribution < -0.4 is 5.73 Å². The van der Waals surface area contributed by atoms with Crippen molar-refractivity contribution >= 4 is 27.2 Å². The molecule has 2 aromatic heterocycles. The van der Waals surface area contributed by atoms with Crippen molar-refractivity contribution in [3.63, 3.8) is 0 Å². The number of anilines is 1. The Bertz CT molecular complexity index is 664. The zero-order valence-corrected chi connectivity index (χ0v) is 11.1. The Balaban J connectivity index is 2.20. The fourth-order valence-corrected chi connectivity index (χ4v) is 3.19. The minimum Gasteiger partial charge on any atom is -0.381 e. The second kappa shape index (κ2) is 4.14. The van der Waals surface area contributed by atoms with Crippen LogP contribution in [0.5, 0.6) is 0 Å². The molecule has 0 aliphatic carbocycles. The Morgan fingerprint density at radius 2 is 2.06 bits per heavy atom. The van der Waals surface area contributed by atoms with E-state index >= 15 is 0 Å². The van der Waals surface area contributed by atoms with Crippen molar-refractivity contribution in [3.8, 4) is 10.6 Å². The van der Waals surface area contributed by atoms with E-state index in [9.17, 15) is 0 Å². The lowest BCUT2D eigenvalue weighted by Crippen LogP contribution is -1.94. The summed E-state index contributed by atoms with van der Waals surface area (Å²) in [5, 5.41) is 5.12. The fourth-order valence-electron chi connectivity index (χ4n) is 2.14. The molecule has 0 amide bonds. The molecule has 0 saturated heterocycles. The first-order chi connectivity index (χ1) is 8.66. The number of nitrogen functional groups attached to an aromatic ring is 1. The molecule has 18 heavy (non-hydrogen) atoms. The van der Waals surface area contributed by atoms with Crippen LogP contribution in [-0.4, -0.2) is 5.16 Å². The second-order valence-corrected chi connectivity index (χ2v) is 5.70. The Labute approximate surface area is 109 Å². The van der Waals surface area contributed by atoms with Gasteiger partial charge in [0.05, 0.1) is 4.88 Å². The van der Waals surface area contributed by atoms with Crippen LogP contribution in [0.4, 0.5) is 5.82 Å². The Kier molecular flexibility index (Phi) is 2.59. The molecule has 0 radical (unpaired) electrons. The summed E-state index contributed by atoms with van der Waals surface area (Å²) in [6.45, 7) is 4.19. The van der Waals surface area contributed by atoms with Gasteiger partial charge in [0.15, 0.2) is 11.6 Å². The van der Waals surface area contributed by atoms with Crippen molar-refractivity contribution in [1.82, 2.24) is 5.16 Å². The van der Waals surface area contributed by atoms with E-state index in [0.29, 0.717) is 11.7 Å². The average molecular weight is 258 g/mol. The molecule has 0 fully saturated rings. The number of aromatic nitrogens is 1. The van der Waals surface area contributed by atoms with Gasteiger partial charge >= 0.3 is 0 Å². The number of hydrogen-bond donors (Lipinski definition) is 1. The van der Waals surface area contributed by atoms with Crippen LogP contribution in [-0.2, 0) is 0 Å². The van der Waals surface area contributed by atoms with Crippen molar-refractivity contribution in [1.29, 1.82) is 0 Å². The normalized spacial score (nSPS) is 11.5. The minimum atomic E-state index is 0.302. The van der Waals surface area contributed by atoms with Gasteiger partial charge < -0.3 is 10.3 Å². The maximum atomic E-state index is 5.87. The molecule has 0 aliphatic heterocycles. The Morgan fingerprint density at radius 1 is 1.28 bits per heavy atom. The molecular weight excluding hydrogens is 244 g/mol. The molecule has 0 unspecified atom stereocenters. The average Bonchev–Trinajstić information content (AvgIpc) is 2.91. The molecule has 2 heterocycles. The van der Waals surface area contributed by atoms with Gasteiger partial charge in [0.1, 0.15) is 0 Å². The highest BCUT2D eigenvalue weighted by Crippen LogP contribution is 2.39. The molecule has 3 aromatic rings. The summed E-state index contributed by atoms with van der Waals surface area (Å²) in [6.07, 6.45) is 0. The second-order valence-electron chi connectivity index (χ2n) is 4.61. The lowest BCUT2D eigenvalue weighted by molar-refractivity contribution is 0.435. The van der Waals surface area contributed by atoms with Gasteiger partial charge in [0.25, 0.3) is 0 Å². The molecule has 0 aliphatic rings. The summed E-state index contributed by atoms with van der Waals surface area (Å²) in [5.41, 5.74) is 6.88. The third-order valence-corrected chi connectivity index (χ3v) is 4.10.